The molecule has 0 fully saturated rings. The average molecular weight is 1520 g/mol. The minimum absolute atomic E-state index is 0.0703. The SMILES string of the molecule is C=C(OC1C(c2cc(O)c(O)c(O)c2)Oc2c(C)c(O)cc(O)c2C1c1c(O)cc(O)c2c1OC(c1cc(O)c(O)c(O)c1)C(O)C2c1c(O)cc(O)c2c1OC(c1ccc(O)c(O)c1)C(OC(=O)c1cc(O)c(O)c(O)c1)C2c1c(O)cc(O)c2c1OC(c1ccc(O)c(O)c1)C(O)C2C)c1cc(O)c(O)c(O)c1. The van der Waals surface area contributed by atoms with Crippen LogP contribution in [0.3, 0.4) is 0 Å². The fourth-order valence-corrected chi connectivity index (χ4v) is 14.9. The van der Waals surface area contributed by atoms with Crippen LogP contribution in [0.4, 0.5) is 0 Å². The van der Waals surface area contributed by atoms with E-state index >= 15 is 4.79 Å². The van der Waals surface area contributed by atoms with E-state index in [1.54, 1.807) is 0 Å². The summed E-state index contributed by atoms with van der Waals surface area (Å²) >= 11 is 0. The van der Waals surface area contributed by atoms with Crippen molar-refractivity contribution in [3.8, 4) is 161 Å². The first-order chi connectivity index (χ1) is 52.0. The van der Waals surface area contributed by atoms with Crippen LogP contribution < -0.4 is 18.9 Å². The summed E-state index contributed by atoms with van der Waals surface area (Å²) in [6.45, 7) is 6.63. The van der Waals surface area contributed by atoms with Crippen LogP contribution in [0.25, 0.3) is 5.76 Å². The van der Waals surface area contributed by atoms with Gasteiger partial charge in [-0.1, -0.05) is 25.6 Å². The summed E-state index contributed by atoms with van der Waals surface area (Å²) in [7, 11) is 0. The largest absolute Gasteiger partial charge is 0.507 e. The molecular formula is C77H64O33. The van der Waals surface area contributed by atoms with E-state index in [9.17, 15) is 133 Å². The van der Waals surface area contributed by atoms with Crippen molar-refractivity contribution in [1.29, 1.82) is 0 Å². The molecule has 12 unspecified atom stereocenters. The Kier molecular flexibility index (Phi) is 17.3. The molecule has 10 aromatic carbocycles. The fraction of sp³-hybridized carbons (Fsp3) is 0.182. The Bertz CT molecular complexity index is 5470. The van der Waals surface area contributed by atoms with Gasteiger partial charge >= 0.3 is 5.97 Å². The topological polar surface area (TPSA) is 598 Å². The molecule has 4 aliphatic heterocycles. The highest BCUT2D eigenvalue weighted by molar-refractivity contribution is 5.91. The van der Waals surface area contributed by atoms with Crippen LogP contribution in [0, 0.1) is 6.92 Å². The maximum absolute atomic E-state index is 15.1. The second-order valence-electron chi connectivity index (χ2n) is 26.8. The monoisotopic (exact) mass is 1520 g/mol. The predicted molar refractivity (Wildman–Crippen MR) is 372 cm³/mol. The number of aliphatic hydroxyl groups is 2. The Hall–Kier alpha value is -14.5. The molecule has 0 saturated carbocycles. The van der Waals surface area contributed by atoms with E-state index in [4.69, 9.17) is 28.4 Å². The van der Waals surface area contributed by atoms with E-state index in [1.807, 2.05) is 0 Å². The molecule has 570 valence electrons. The van der Waals surface area contributed by atoms with Crippen molar-refractivity contribution in [2.75, 3.05) is 0 Å². The molecule has 110 heavy (non-hydrogen) atoms. The zero-order valence-corrected chi connectivity index (χ0v) is 56.5. The van der Waals surface area contributed by atoms with Crippen LogP contribution in [0.1, 0.15) is 138 Å². The third kappa shape index (κ3) is 11.5. The van der Waals surface area contributed by atoms with E-state index in [-0.39, 0.29) is 33.4 Å². The van der Waals surface area contributed by atoms with Crippen molar-refractivity contribution in [3.05, 3.63) is 194 Å². The molecule has 0 saturated heterocycles. The van der Waals surface area contributed by atoms with E-state index in [0.717, 1.165) is 78.9 Å². The lowest BCUT2D eigenvalue weighted by atomic mass is 9.71. The van der Waals surface area contributed by atoms with Gasteiger partial charge in [0.2, 0.25) is 0 Å². The van der Waals surface area contributed by atoms with Gasteiger partial charge in [0.15, 0.2) is 129 Å². The Morgan fingerprint density at radius 2 is 0.609 bits per heavy atom. The van der Waals surface area contributed by atoms with Crippen molar-refractivity contribution in [1.82, 2.24) is 0 Å². The fourth-order valence-electron chi connectivity index (χ4n) is 14.9. The number of benzene rings is 10. The maximum atomic E-state index is 15.1. The van der Waals surface area contributed by atoms with Gasteiger partial charge in [0, 0.05) is 96.9 Å². The number of phenols is 24. The lowest BCUT2D eigenvalue weighted by molar-refractivity contribution is -0.0309. The van der Waals surface area contributed by atoms with Crippen molar-refractivity contribution < 1.29 is 166 Å². The minimum atomic E-state index is -2.51. The van der Waals surface area contributed by atoms with Gasteiger partial charge in [-0.15, -0.1) is 0 Å². The van der Waals surface area contributed by atoms with Crippen LogP contribution in [0.2, 0.25) is 0 Å². The number of esters is 1. The zero-order valence-electron chi connectivity index (χ0n) is 56.5. The van der Waals surface area contributed by atoms with Crippen LogP contribution in [-0.2, 0) is 9.47 Å². The van der Waals surface area contributed by atoms with Crippen molar-refractivity contribution in [2.45, 2.75) is 86.4 Å². The number of hydrogen-bond acceptors (Lipinski definition) is 33. The van der Waals surface area contributed by atoms with Crippen molar-refractivity contribution >= 4 is 11.7 Å². The van der Waals surface area contributed by atoms with E-state index in [2.05, 4.69) is 6.58 Å². The van der Waals surface area contributed by atoms with Gasteiger partial charge in [-0.05, 0) is 85.3 Å². The molecule has 0 bridgehead atoms. The number of fused-ring (bicyclic) bond motifs is 4. The number of aliphatic hydroxyl groups excluding tert-OH is 2. The lowest BCUT2D eigenvalue weighted by Gasteiger charge is -2.45. The molecule has 0 radical (unpaired) electrons. The summed E-state index contributed by atoms with van der Waals surface area (Å²) in [6.07, 6.45) is -16.7. The van der Waals surface area contributed by atoms with Crippen LogP contribution in [0.5, 0.6) is 161 Å². The molecule has 4 heterocycles. The molecule has 26 N–H and O–H groups in total. The predicted octanol–water partition coefficient (Wildman–Crippen LogP) is 8.97. The lowest BCUT2D eigenvalue weighted by Crippen LogP contribution is -2.41. The van der Waals surface area contributed by atoms with Crippen LogP contribution >= 0.6 is 0 Å². The molecular weight excluding hydrogens is 1450 g/mol. The average Bonchev–Trinajstić information content (AvgIpc) is 0.705. The number of aromatic hydroxyl groups is 24. The third-order valence-electron chi connectivity index (χ3n) is 20.2. The number of ether oxygens (including phenoxy) is 6. The standard InChI is InChI=1S/C77H64O33/c1-22-33(80)18-37(84)54-59(75(105-24(3)27-10-43(90)62(99)44(91)11-27)71(106-67(22)54)29-14-47(94)64(101)48(95)15-29)56-41(88)20-38(85)52-58(66(103)69(108-73(52)56)28-12-45(92)63(100)46(93)13-28)53-39(86)21-42(89)57-60(55-40(87)19-36(83)51-23(2)61(98)68(107-72(51)55)25-4-6-31(78)34(81)8-25)76(110-77(104)30-16-49(96)65(102)50(97)17-30)70(109-74(53)57)26-5-7-32(79)35(82)9-26/h4-21,23,58-61,66,68-71,75-76,78-103H,3H2,1-2H3. The number of carbonyl (C=O) groups is 1. The molecule has 12 atom stereocenters. The molecule has 33 nitrogen and oxygen atoms in total. The van der Waals surface area contributed by atoms with Crippen LogP contribution in [-0.4, -0.2) is 163 Å². The first-order valence-electron chi connectivity index (χ1n) is 32.9. The van der Waals surface area contributed by atoms with E-state index in [0.29, 0.717) is 24.3 Å². The van der Waals surface area contributed by atoms with E-state index < -0.39 is 290 Å². The molecule has 0 aliphatic carbocycles. The molecule has 0 aromatic heterocycles. The Morgan fingerprint density at radius 1 is 0.309 bits per heavy atom. The Morgan fingerprint density at radius 3 is 1.04 bits per heavy atom. The maximum Gasteiger partial charge on any atom is 0.338 e. The molecule has 14 rings (SSSR count). The highest BCUT2D eigenvalue weighted by atomic mass is 16.6. The normalized spacial score (nSPS) is 21.6. The Balaban J connectivity index is 1.10. The van der Waals surface area contributed by atoms with Gasteiger partial charge in [-0.3, -0.25) is 0 Å². The summed E-state index contributed by atoms with van der Waals surface area (Å²) in [5.41, 5.74) is -7.22. The van der Waals surface area contributed by atoms with Crippen molar-refractivity contribution in [2.24, 2.45) is 0 Å². The highest BCUT2D eigenvalue weighted by Crippen LogP contribution is 2.67. The molecule has 0 spiro atoms. The van der Waals surface area contributed by atoms with Gasteiger partial charge in [0.05, 0.1) is 23.3 Å². The number of phenolic OH excluding ortho intramolecular Hbond substituents is 24. The summed E-state index contributed by atoms with van der Waals surface area (Å²) in [5, 5.41) is 300. The third-order valence-corrected chi connectivity index (χ3v) is 20.2. The summed E-state index contributed by atoms with van der Waals surface area (Å²) in [4.78, 5) is 15.1. The zero-order chi connectivity index (χ0) is 79.3. The van der Waals surface area contributed by atoms with Gasteiger partial charge in [0.25, 0.3) is 0 Å². The van der Waals surface area contributed by atoms with Gasteiger partial charge in [-0.25, -0.2) is 4.79 Å². The second-order valence-corrected chi connectivity index (χ2v) is 26.8. The molecule has 33 heteroatoms. The summed E-state index contributed by atoms with van der Waals surface area (Å²) < 4.78 is 40.0. The molecule has 4 aliphatic rings. The van der Waals surface area contributed by atoms with E-state index in [1.165, 1.54) is 19.9 Å². The number of hydrogen-bond donors (Lipinski definition) is 26. The van der Waals surface area contributed by atoms with Gasteiger partial charge < -0.3 is 161 Å². The first-order valence-corrected chi connectivity index (χ1v) is 32.9. The molecule has 0 amide bonds. The van der Waals surface area contributed by atoms with Gasteiger partial charge in [-0.2, -0.15) is 0 Å². The van der Waals surface area contributed by atoms with Gasteiger partial charge in [0.1, 0.15) is 87.0 Å². The van der Waals surface area contributed by atoms with Crippen LogP contribution in [0.15, 0.2) is 116 Å². The number of rotatable bonds is 12. The quantitative estimate of drug-likeness (QED) is 0.0308. The smallest absolute Gasteiger partial charge is 0.338 e. The highest BCUT2D eigenvalue weighted by Gasteiger charge is 2.56. The number of carbonyl (C=O) groups excluding carboxylic acids is 1. The molecule has 10 aromatic rings. The first kappa shape index (κ1) is 72.5. The second kappa shape index (κ2) is 26.2. The minimum Gasteiger partial charge on any atom is -0.507 e. The summed E-state index contributed by atoms with van der Waals surface area (Å²) in [5.74, 6) is -36.6. The summed E-state index contributed by atoms with van der Waals surface area (Å²) in [6, 6.07) is 15.1. The van der Waals surface area contributed by atoms with Crippen molar-refractivity contribution in [3.63, 3.8) is 0 Å². The Labute approximate surface area is 616 Å².